The Hall–Kier alpha value is -4.15. The second kappa shape index (κ2) is 10.00. The molecule has 0 unspecified atom stereocenters. The molecule has 1 aromatic heterocycles. The molecule has 0 aliphatic carbocycles. The average Bonchev–Trinajstić information content (AvgIpc) is 2.89. The largest absolute Gasteiger partial charge is 0.355 e. The highest BCUT2D eigenvalue weighted by molar-refractivity contribution is 6.35. The van der Waals surface area contributed by atoms with Crippen molar-refractivity contribution in [3.8, 4) is 11.1 Å². The molecular formula is C30H24ClN3O. The molecule has 5 rings (SSSR count). The number of amides is 1. The normalized spacial score (nSPS) is 10.8. The first-order chi connectivity index (χ1) is 17.1. The van der Waals surface area contributed by atoms with E-state index in [-0.39, 0.29) is 5.91 Å². The van der Waals surface area contributed by atoms with Crippen molar-refractivity contribution in [1.29, 1.82) is 0 Å². The summed E-state index contributed by atoms with van der Waals surface area (Å²) in [4.78, 5) is 16.7. The van der Waals surface area contributed by atoms with E-state index >= 15 is 0 Å². The van der Waals surface area contributed by atoms with Crippen LogP contribution in [0, 0.1) is 0 Å². The van der Waals surface area contributed by atoms with E-state index in [1.54, 1.807) is 13.1 Å². The van der Waals surface area contributed by atoms with Gasteiger partial charge in [-0.1, -0.05) is 72.3 Å². The molecule has 4 aromatic carbocycles. The zero-order valence-corrected chi connectivity index (χ0v) is 20.0. The zero-order chi connectivity index (χ0) is 24.2. The van der Waals surface area contributed by atoms with Crippen molar-refractivity contribution in [2.75, 3.05) is 12.4 Å². The molecule has 1 amide bonds. The standard InChI is InChI=1S/C30H24ClN3O/c1-32-30(35)22-11-6-13-25(18-22)34-24-12-5-10-21(17-24)28-23(16-20-8-3-2-4-9-20)19-33-29-26(28)14-7-15-27(29)31/h2-15,17-19,34H,16H2,1H3,(H,32,35). The van der Waals surface area contributed by atoms with Gasteiger partial charge < -0.3 is 10.6 Å². The Bertz CT molecular complexity index is 1520. The molecule has 0 fully saturated rings. The molecular weight excluding hydrogens is 454 g/mol. The molecule has 0 saturated heterocycles. The molecule has 0 saturated carbocycles. The summed E-state index contributed by atoms with van der Waals surface area (Å²) < 4.78 is 0. The molecule has 35 heavy (non-hydrogen) atoms. The first-order valence-electron chi connectivity index (χ1n) is 11.4. The number of anilines is 2. The number of carbonyl (C=O) groups is 1. The number of pyridine rings is 1. The minimum atomic E-state index is -0.118. The summed E-state index contributed by atoms with van der Waals surface area (Å²) in [7, 11) is 1.63. The number of hydrogen-bond donors (Lipinski definition) is 2. The van der Waals surface area contributed by atoms with E-state index in [0.717, 1.165) is 45.4 Å². The van der Waals surface area contributed by atoms with E-state index < -0.39 is 0 Å². The Morgan fingerprint density at radius 1 is 0.857 bits per heavy atom. The Labute approximate surface area is 209 Å². The second-order valence-electron chi connectivity index (χ2n) is 8.32. The number of aromatic nitrogens is 1. The molecule has 4 nitrogen and oxygen atoms in total. The van der Waals surface area contributed by atoms with Gasteiger partial charge in [-0.05, 0) is 65.1 Å². The van der Waals surface area contributed by atoms with Crippen molar-refractivity contribution in [1.82, 2.24) is 10.3 Å². The quantitative estimate of drug-likeness (QED) is 0.271. The molecule has 0 atom stereocenters. The predicted molar refractivity (Wildman–Crippen MR) is 145 cm³/mol. The van der Waals surface area contributed by atoms with Crippen LogP contribution >= 0.6 is 11.6 Å². The fourth-order valence-electron chi connectivity index (χ4n) is 4.32. The van der Waals surface area contributed by atoms with Crippen LogP contribution in [0.15, 0.2) is 103 Å². The fraction of sp³-hybridized carbons (Fsp3) is 0.0667. The zero-order valence-electron chi connectivity index (χ0n) is 19.3. The van der Waals surface area contributed by atoms with Gasteiger partial charge in [0, 0.05) is 35.6 Å². The molecule has 5 heteroatoms. The maximum Gasteiger partial charge on any atom is 0.251 e. The van der Waals surface area contributed by atoms with Crippen LogP contribution in [0.25, 0.3) is 22.0 Å². The highest BCUT2D eigenvalue weighted by atomic mass is 35.5. The summed E-state index contributed by atoms with van der Waals surface area (Å²) in [5.74, 6) is -0.118. The molecule has 5 aromatic rings. The van der Waals surface area contributed by atoms with Gasteiger partial charge in [-0.25, -0.2) is 0 Å². The van der Waals surface area contributed by atoms with E-state index in [4.69, 9.17) is 16.6 Å². The van der Waals surface area contributed by atoms with Crippen molar-refractivity contribution in [2.24, 2.45) is 0 Å². The molecule has 0 aliphatic heterocycles. The van der Waals surface area contributed by atoms with Gasteiger partial charge in [-0.3, -0.25) is 9.78 Å². The van der Waals surface area contributed by atoms with Crippen molar-refractivity contribution in [3.05, 3.63) is 125 Å². The predicted octanol–water partition coefficient (Wildman–Crippen LogP) is 7.25. The minimum absolute atomic E-state index is 0.118. The smallest absolute Gasteiger partial charge is 0.251 e. The molecule has 172 valence electrons. The van der Waals surface area contributed by atoms with Crippen molar-refractivity contribution >= 4 is 39.8 Å². The first kappa shape index (κ1) is 22.6. The lowest BCUT2D eigenvalue weighted by Gasteiger charge is -2.16. The molecule has 0 aliphatic rings. The van der Waals surface area contributed by atoms with Gasteiger partial charge in [0.2, 0.25) is 0 Å². The number of hydrogen-bond acceptors (Lipinski definition) is 3. The number of carbonyl (C=O) groups excluding carboxylic acids is 1. The topological polar surface area (TPSA) is 54.0 Å². The number of fused-ring (bicyclic) bond motifs is 1. The summed E-state index contributed by atoms with van der Waals surface area (Å²) in [6.45, 7) is 0. The maximum atomic E-state index is 12.0. The van der Waals surface area contributed by atoms with Gasteiger partial charge in [0.25, 0.3) is 5.91 Å². The van der Waals surface area contributed by atoms with E-state index in [2.05, 4.69) is 53.1 Å². The Kier molecular flexibility index (Phi) is 6.47. The number of para-hydroxylation sites is 1. The summed E-state index contributed by atoms with van der Waals surface area (Å²) in [5, 5.41) is 7.76. The van der Waals surface area contributed by atoms with Gasteiger partial charge in [0.15, 0.2) is 0 Å². The summed E-state index contributed by atoms with van der Waals surface area (Å²) in [6, 6.07) is 32.0. The van der Waals surface area contributed by atoms with Crippen LogP contribution < -0.4 is 10.6 Å². The third kappa shape index (κ3) is 4.88. The third-order valence-corrected chi connectivity index (χ3v) is 6.26. The second-order valence-corrected chi connectivity index (χ2v) is 8.73. The molecule has 0 spiro atoms. The number of nitrogens with zero attached hydrogens (tertiary/aromatic N) is 1. The number of rotatable bonds is 6. The molecule has 2 N–H and O–H groups in total. The summed E-state index contributed by atoms with van der Waals surface area (Å²) in [5.41, 5.74) is 7.69. The number of benzene rings is 4. The van der Waals surface area contributed by atoms with Gasteiger partial charge in [-0.2, -0.15) is 0 Å². The van der Waals surface area contributed by atoms with Crippen molar-refractivity contribution in [2.45, 2.75) is 6.42 Å². The average molecular weight is 478 g/mol. The molecule has 0 radical (unpaired) electrons. The van der Waals surface area contributed by atoms with Crippen LogP contribution in [0.4, 0.5) is 11.4 Å². The van der Waals surface area contributed by atoms with Crippen LogP contribution in [0.1, 0.15) is 21.5 Å². The number of nitrogens with one attached hydrogen (secondary N) is 2. The van der Waals surface area contributed by atoms with Gasteiger partial charge in [0.1, 0.15) is 0 Å². The Balaban J connectivity index is 1.58. The third-order valence-electron chi connectivity index (χ3n) is 5.96. The Morgan fingerprint density at radius 3 is 2.40 bits per heavy atom. The van der Waals surface area contributed by atoms with Crippen LogP contribution in [0.2, 0.25) is 5.02 Å². The Morgan fingerprint density at radius 2 is 1.60 bits per heavy atom. The van der Waals surface area contributed by atoms with Gasteiger partial charge >= 0.3 is 0 Å². The lowest BCUT2D eigenvalue weighted by Crippen LogP contribution is -2.17. The highest BCUT2D eigenvalue weighted by Crippen LogP contribution is 2.36. The van der Waals surface area contributed by atoms with Crippen LogP contribution in [-0.4, -0.2) is 17.9 Å². The molecule has 0 bridgehead atoms. The van der Waals surface area contributed by atoms with Crippen LogP contribution in [-0.2, 0) is 6.42 Å². The van der Waals surface area contributed by atoms with Gasteiger partial charge in [-0.15, -0.1) is 0 Å². The van der Waals surface area contributed by atoms with Crippen molar-refractivity contribution in [3.63, 3.8) is 0 Å². The highest BCUT2D eigenvalue weighted by Gasteiger charge is 2.14. The lowest BCUT2D eigenvalue weighted by molar-refractivity contribution is 0.0963. The van der Waals surface area contributed by atoms with E-state index in [1.165, 1.54) is 5.56 Å². The van der Waals surface area contributed by atoms with Crippen LogP contribution in [0.3, 0.4) is 0 Å². The summed E-state index contributed by atoms with van der Waals surface area (Å²) >= 11 is 6.51. The first-order valence-corrected chi connectivity index (χ1v) is 11.8. The van der Waals surface area contributed by atoms with E-state index in [1.807, 2.05) is 54.7 Å². The minimum Gasteiger partial charge on any atom is -0.355 e. The maximum absolute atomic E-state index is 12.0. The lowest BCUT2D eigenvalue weighted by atomic mass is 9.92. The fourth-order valence-corrected chi connectivity index (χ4v) is 4.54. The van der Waals surface area contributed by atoms with Gasteiger partial charge in [0.05, 0.1) is 10.5 Å². The van der Waals surface area contributed by atoms with E-state index in [0.29, 0.717) is 10.6 Å². The van der Waals surface area contributed by atoms with Crippen LogP contribution in [0.5, 0.6) is 0 Å². The van der Waals surface area contributed by atoms with E-state index in [9.17, 15) is 4.79 Å². The SMILES string of the molecule is CNC(=O)c1cccc(Nc2cccc(-c3c(Cc4ccccc4)cnc4c(Cl)cccc34)c2)c1. The number of halogens is 1. The molecule has 1 heterocycles. The van der Waals surface area contributed by atoms with Crippen molar-refractivity contribution < 1.29 is 4.79 Å². The monoisotopic (exact) mass is 477 g/mol. The summed E-state index contributed by atoms with van der Waals surface area (Å²) in [6.07, 6.45) is 2.70.